The number of amides is 2. The van der Waals surface area contributed by atoms with Gasteiger partial charge in [0.25, 0.3) is 11.8 Å². The number of rotatable bonds is 4. The Morgan fingerprint density at radius 1 is 1.32 bits per heavy atom. The van der Waals surface area contributed by atoms with Crippen LogP contribution in [0.5, 0.6) is 0 Å². The number of nitrogens with one attached hydrogen (secondary N) is 1. The van der Waals surface area contributed by atoms with E-state index in [1.807, 2.05) is 31.4 Å². The molecule has 8 nitrogen and oxygen atoms in total. The topological polar surface area (TPSA) is 82.8 Å². The van der Waals surface area contributed by atoms with Crippen LogP contribution in [0.3, 0.4) is 0 Å². The van der Waals surface area contributed by atoms with Gasteiger partial charge in [-0.05, 0) is 19.1 Å². The first-order valence-corrected chi connectivity index (χ1v) is 7.92. The van der Waals surface area contributed by atoms with Crippen LogP contribution in [0.1, 0.15) is 12.5 Å². The van der Waals surface area contributed by atoms with Gasteiger partial charge in [-0.1, -0.05) is 18.2 Å². The fourth-order valence-electron chi connectivity index (χ4n) is 2.58. The zero-order valence-electron chi connectivity index (χ0n) is 14.4. The molecule has 0 saturated carbocycles. The number of carbonyl (C=O) groups is 2. The first-order valence-electron chi connectivity index (χ1n) is 7.92. The molecule has 130 valence electrons. The van der Waals surface area contributed by atoms with Crippen LogP contribution in [-0.2, 0) is 23.2 Å². The molecule has 1 aliphatic heterocycles. The smallest absolute Gasteiger partial charge is 0.290 e. The molecule has 2 aromatic rings. The third-order valence-corrected chi connectivity index (χ3v) is 3.86. The Bertz CT molecular complexity index is 814. The van der Waals surface area contributed by atoms with E-state index in [1.54, 1.807) is 37.0 Å². The highest BCUT2D eigenvalue weighted by molar-refractivity contribution is 6.39. The molecular formula is C17H20N6O2. The molecule has 0 saturated heterocycles. The molecule has 0 radical (unpaired) electrons. The highest BCUT2D eigenvalue weighted by Crippen LogP contribution is 2.16. The van der Waals surface area contributed by atoms with Crippen molar-refractivity contribution in [3.63, 3.8) is 0 Å². The van der Waals surface area contributed by atoms with Crippen molar-refractivity contribution in [3.8, 4) is 0 Å². The molecular weight excluding hydrogens is 320 g/mol. The van der Waals surface area contributed by atoms with Crippen LogP contribution < -0.4 is 10.4 Å². The van der Waals surface area contributed by atoms with Crippen molar-refractivity contribution in [1.29, 1.82) is 0 Å². The minimum atomic E-state index is -0.632. The van der Waals surface area contributed by atoms with E-state index in [4.69, 9.17) is 0 Å². The van der Waals surface area contributed by atoms with Crippen LogP contribution in [0.15, 0.2) is 47.7 Å². The predicted octanol–water partition coefficient (Wildman–Crippen LogP) is 0.717. The predicted molar refractivity (Wildman–Crippen MR) is 93.6 cm³/mol. The molecule has 0 fully saturated rings. The summed E-state index contributed by atoms with van der Waals surface area (Å²) >= 11 is 0. The summed E-state index contributed by atoms with van der Waals surface area (Å²) in [6, 6.07) is 8.48. The number of amidine groups is 1. The summed E-state index contributed by atoms with van der Waals surface area (Å²) in [5, 5.41) is 5.46. The number of aryl methyl sites for hydroxylation is 1. The number of hydrazine groups is 1. The lowest BCUT2D eigenvalue weighted by molar-refractivity contribution is -0.124. The third-order valence-electron chi connectivity index (χ3n) is 3.86. The van der Waals surface area contributed by atoms with E-state index in [0.29, 0.717) is 12.2 Å². The van der Waals surface area contributed by atoms with Crippen molar-refractivity contribution < 1.29 is 9.59 Å². The third kappa shape index (κ3) is 3.52. The number of nitrogens with zero attached hydrogens (tertiary/aromatic N) is 5. The number of hydrogen-bond donors (Lipinski definition) is 1. The SMILES string of the molecule is C[C@@H]1N=C(C(=O)N(C)Cc2cnn(C)c2)NN(c2ccccc2)C1=O. The standard InChI is InChI=1S/C17H20N6O2/c1-12-16(24)23(14-7-5-4-6-8-14)20-15(19-12)17(25)21(2)10-13-9-18-22(3)11-13/h4-9,11-12H,10H2,1-3H3,(H,19,20)/t12-/m0/s1. The van der Waals surface area contributed by atoms with Gasteiger partial charge in [0.1, 0.15) is 6.04 Å². The Hall–Kier alpha value is -3.16. The summed E-state index contributed by atoms with van der Waals surface area (Å²) < 4.78 is 1.68. The lowest BCUT2D eigenvalue weighted by atomic mass is 10.2. The van der Waals surface area contributed by atoms with E-state index >= 15 is 0 Å². The fraction of sp³-hybridized carbons (Fsp3) is 0.294. The van der Waals surface area contributed by atoms with Crippen LogP contribution in [0.25, 0.3) is 0 Å². The Morgan fingerprint density at radius 3 is 2.68 bits per heavy atom. The molecule has 1 atom stereocenters. The molecule has 8 heteroatoms. The van der Waals surface area contributed by atoms with Gasteiger partial charge in [-0.15, -0.1) is 0 Å². The van der Waals surface area contributed by atoms with Crippen LogP contribution in [0.4, 0.5) is 5.69 Å². The summed E-state index contributed by atoms with van der Waals surface area (Å²) in [6.45, 7) is 2.08. The van der Waals surface area contributed by atoms with Gasteiger partial charge in [-0.3, -0.25) is 19.7 Å². The first-order chi connectivity index (χ1) is 12.0. The molecule has 25 heavy (non-hydrogen) atoms. The number of aliphatic imine (C=N–C) groups is 1. The van der Waals surface area contributed by atoms with E-state index < -0.39 is 6.04 Å². The lowest BCUT2D eigenvalue weighted by Gasteiger charge is -2.31. The molecule has 0 spiro atoms. The monoisotopic (exact) mass is 340 g/mol. The highest BCUT2D eigenvalue weighted by atomic mass is 16.2. The number of hydrogen-bond acceptors (Lipinski definition) is 5. The summed E-state index contributed by atoms with van der Waals surface area (Å²) in [7, 11) is 3.51. The van der Waals surface area contributed by atoms with E-state index in [0.717, 1.165) is 5.56 Å². The van der Waals surface area contributed by atoms with Gasteiger partial charge in [0.05, 0.1) is 11.9 Å². The van der Waals surface area contributed by atoms with Crippen molar-refractivity contribution in [2.24, 2.45) is 12.0 Å². The van der Waals surface area contributed by atoms with Crippen LogP contribution >= 0.6 is 0 Å². The highest BCUT2D eigenvalue weighted by Gasteiger charge is 2.31. The van der Waals surface area contributed by atoms with E-state index in [-0.39, 0.29) is 17.6 Å². The van der Waals surface area contributed by atoms with E-state index in [2.05, 4.69) is 15.5 Å². The Morgan fingerprint density at radius 2 is 2.04 bits per heavy atom. The summed E-state index contributed by atoms with van der Waals surface area (Å²) in [5.41, 5.74) is 4.42. The number of para-hydroxylation sites is 1. The second kappa shape index (κ2) is 6.76. The molecule has 1 N–H and O–H groups in total. The van der Waals surface area contributed by atoms with Gasteiger partial charge < -0.3 is 4.90 Å². The number of benzene rings is 1. The molecule has 1 aromatic carbocycles. The summed E-state index contributed by atoms with van der Waals surface area (Å²) in [4.78, 5) is 30.8. The van der Waals surface area contributed by atoms with Crippen molar-refractivity contribution in [2.45, 2.75) is 19.5 Å². The minimum Gasteiger partial charge on any atom is -0.335 e. The normalized spacial score (nSPS) is 17.1. The zero-order chi connectivity index (χ0) is 18.0. The molecule has 0 unspecified atom stereocenters. The Kier molecular flexibility index (Phi) is 4.51. The van der Waals surface area contributed by atoms with Crippen LogP contribution in [0.2, 0.25) is 0 Å². The van der Waals surface area contributed by atoms with Gasteiger partial charge in [0.15, 0.2) is 0 Å². The van der Waals surface area contributed by atoms with Crippen molar-refractivity contribution in [2.75, 3.05) is 12.1 Å². The number of aromatic nitrogens is 2. The Balaban J connectivity index is 1.77. The first kappa shape index (κ1) is 16.7. The van der Waals surface area contributed by atoms with Gasteiger partial charge in [-0.2, -0.15) is 5.10 Å². The molecule has 2 amide bonds. The molecule has 1 aromatic heterocycles. The summed E-state index contributed by atoms with van der Waals surface area (Å²) in [5.74, 6) is -0.357. The number of anilines is 1. The van der Waals surface area contributed by atoms with E-state index in [1.165, 1.54) is 9.91 Å². The molecule has 0 aliphatic carbocycles. The van der Waals surface area contributed by atoms with Crippen molar-refractivity contribution in [3.05, 3.63) is 48.3 Å². The quantitative estimate of drug-likeness (QED) is 0.889. The molecule has 3 rings (SSSR count). The van der Waals surface area contributed by atoms with Crippen molar-refractivity contribution >= 4 is 23.3 Å². The molecule has 1 aliphatic rings. The maximum absolute atomic E-state index is 12.7. The largest absolute Gasteiger partial charge is 0.335 e. The van der Waals surface area contributed by atoms with Gasteiger partial charge in [0, 0.05) is 32.4 Å². The summed E-state index contributed by atoms with van der Waals surface area (Å²) in [6.07, 6.45) is 3.56. The molecule has 0 bridgehead atoms. The van der Waals surface area contributed by atoms with Crippen molar-refractivity contribution in [1.82, 2.24) is 20.1 Å². The van der Waals surface area contributed by atoms with Crippen LogP contribution in [-0.4, -0.2) is 45.4 Å². The van der Waals surface area contributed by atoms with Gasteiger partial charge >= 0.3 is 0 Å². The zero-order valence-corrected chi connectivity index (χ0v) is 14.4. The molecule has 2 heterocycles. The van der Waals surface area contributed by atoms with Gasteiger partial charge in [0.2, 0.25) is 5.84 Å². The second-order valence-electron chi connectivity index (χ2n) is 5.96. The Labute approximate surface area is 145 Å². The maximum atomic E-state index is 12.7. The van der Waals surface area contributed by atoms with Crippen LogP contribution in [0, 0.1) is 0 Å². The lowest BCUT2D eigenvalue weighted by Crippen LogP contribution is -2.58. The van der Waals surface area contributed by atoms with E-state index in [9.17, 15) is 9.59 Å². The maximum Gasteiger partial charge on any atom is 0.290 e. The average molecular weight is 340 g/mol. The second-order valence-corrected chi connectivity index (χ2v) is 5.96. The number of likely N-dealkylation sites (N-methyl/N-ethyl adjacent to an activating group) is 1. The van der Waals surface area contributed by atoms with Gasteiger partial charge in [-0.25, -0.2) is 10.0 Å². The number of carbonyl (C=O) groups excluding carboxylic acids is 2. The average Bonchev–Trinajstić information content (AvgIpc) is 3.02. The minimum absolute atomic E-state index is 0.141. The fourth-order valence-corrected chi connectivity index (χ4v) is 2.58.